The van der Waals surface area contributed by atoms with Crippen LogP contribution in [-0.2, 0) is 24.0 Å². The zero-order chi connectivity index (χ0) is 30.7. The Hall–Kier alpha value is -3.68. The van der Waals surface area contributed by atoms with E-state index in [0.717, 1.165) is 16.2 Å². The third kappa shape index (κ3) is 6.69. The number of nitrogens with zero attached hydrogens (tertiary/aromatic N) is 5. The van der Waals surface area contributed by atoms with Crippen LogP contribution in [0.5, 0.6) is 0 Å². The monoisotopic (exact) mass is 639 g/mol. The number of amides is 2. The first-order valence-electron chi connectivity index (χ1n) is 12.6. The Kier molecular flexibility index (Phi) is 9.74. The number of carboxylic acids is 2. The largest absolute Gasteiger partial charge is 0.481 e. The molecule has 1 aromatic heterocycles. The first-order chi connectivity index (χ1) is 19.9. The molecule has 0 saturated carbocycles. The maximum absolute atomic E-state index is 13.2. The molecule has 3 aliphatic heterocycles. The average molecular weight is 640 g/mol. The van der Waals surface area contributed by atoms with Gasteiger partial charge in [0, 0.05) is 29.9 Å². The third-order valence-corrected chi connectivity index (χ3v) is 9.44. The molecule has 1 saturated heterocycles. The molecule has 16 nitrogen and oxygen atoms in total. The Morgan fingerprint density at radius 1 is 1.38 bits per heavy atom. The van der Waals surface area contributed by atoms with E-state index in [4.69, 9.17) is 26.8 Å². The van der Waals surface area contributed by atoms with Crippen LogP contribution in [0, 0.1) is 5.41 Å². The number of rotatable bonds is 11. The van der Waals surface area contributed by atoms with Gasteiger partial charge < -0.3 is 36.7 Å². The van der Waals surface area contributed by atoms with Gasteiger partial charge in [0.25, 0.3) is 11.8 Å². The van der Waals surface area contributed by atoms with Crippen molar-refractivity contribution in [2.45, 2.75) is 50.4 Å². The summed E-state index contributed by atoms with van der Waals surface area (Å²) in [6.45, 7) is 3.88. The highest BCUT2D eigenvalue weighted by Crippen LogP contribution is 2.41. The van der Waals surface area contributed by atoms with Gasteiger partial charge in [0.1, 0.15) is 28.9 Å². The molecule has 4 atom stereocenters. The van der Waals surface area contributed by atoms with Crippen molar-refractivity contribution in [3.63, 3.8) is 0 Å². The number of oxime groups is 1. The number of β-lactam (4-membered cyclic amide) rings is 1. The lowest BCUT2D eigenvalue weighted by atomic mass is 10.0. The molecule has 0 bridgehead atoms. The summed E-state index contributed by atoms with van der Waals surface area (Å²) in [7, 11) is 0. The summed E-state index contributed by atoms with van der Waals surface area (Å²) in [5, 5.41) is 34.9. The number of aliphatic carboxylic acids is 2. The van der Waals surface area contributed by atoms with Gasteiger partial charge in [-0.25, -0.2) is 14.8 Å². The number of carbonyl (C=O) groups excluding carboxylic acids is 2. The Balaban J connectivity index is 1.47. The molecule has 19 heteroatoms. The van der Waals surface area contributed by atoms with Gasteiger partial charge in [-0.3, -0.25) is 24.7 Å². The van der Waals surface area contributed by atoms with E-state index in [0.29, 0.717) is 23.6 Å². The van der Waals surface area contributed by atoms with Crippen molar-refractivity contribution in [2.75, 3.05) is 23.8 Å². The summed E-state index contributed by atoms with van der Waals surface area (Å²) in [6, 6.07) is -1.05. The average Bonchev–Trinajstić information content (AvgIpc) is 3.35. The number of aromatic nitrogens is 1. The smallest absolute Gasteiger partial charge is 0.352 e. The number of anilines is 1. The maximum Gasteiger partial charge on any atom is 0.352 e. The van der Waals surface area contributed by atoms with Crippen molar-refractivity contribution < 1.29 is 34.2 Å². The van der Waals surface area contributed by atoms with E-state index in [2.05, 4.69) is 20.4 Å². The number of thioether (sulfide) groups is 2. The van der Waals surface area contributed by atoms with E-state index >= 15 is 0 Å². The minimum atomic E-state index is -1.28. The number of carboxylic acid groups (broad SMARTS) is 2. The van der Waals surface area contributed by atoms with Crippen LogP contribution in [0.4, 0.5) is 5.13 Å². The van der Waals surface area contributed by atoms with Crippen molar-refractivity contribution in [3.05, 3.63) is 22.3 Å². The SMILES string of the molecule is CCN1C(=N)N=C(SCC2=C(C(=O)O)N3C(=O)[C@@H](NC(=O)C(=NOC(C)CC(=O)O)c4csc(N)n4)[C@H]3SC2)CC1N. The second kappa shape index (κ2) is 13.1. The highest BCUT2D eigenvalue weighted by atomic mass is 32.2. The Morgan fingerprint density at radius 3 is 2.71 bits per heavy atom. The zero-order valence-electron chi connectivity index (χ0n) is 22.5. The van der Waals surface area contributed by atoms with E-state index in [-0.39, 0.29) is 46.1 Å². The van der Waals surface area contributed by atoms with E-state index in [1.165, 1.54) is 35.8 Å². The highest BCUT2D eigenvalue weighted by Gasteiger charge is 2.54. The van der Waals surface area contributed by atoms with Crippen LogP contribution < -0.4 is 16.8 Å². The topological polar surface area (TPSA) is 250 Å². The second-order valence-corrected chi connectivity index (χ2v) is 12.4. The fourth-order valence-corrected chi connectivity index (χ4v) is 7.39. The number of hydrogen-bond donors (Lipinski definition) is 6. The summed E-state index contributed by atoms with van der Waals surface area (Å²) in [5.41, 5.74) is 11.9. The molecule has 1 aromatic rings. The van der Waals surface area contributed by atoms with Crippen LogP contribution in [0.25, 0.3) is 0 Å². The van der Waals surface area contributed by atoms with E-state index < -0.39 is 47.4 Å². The Morgan fingerprint density at radius 2 is 2.12 bits per heavy atom. The molecule has 0 radical (unpaired) electrons. The quantitative estimate of drug-likeness (QED) is 0.107. The van der Waals surface area contributed by atoms with Gasteiger partial charge in [-0.05, 0) is 19.4 Å². The fraction of sp³-hybridized carbons (Fsp3) is 0.478. The molecule has 0 aliphatic carbocycles. The maximum atomic E-state index is 13.2. The van der Waals surface area contributed by atoms with E-state index in [9.17, 15) is 24.3 Å². The van der Waals surface area contributed by atoms with Crippen molar-refractivity contribution in [1.82, 2.24) is 20.1 Å². The first-order valence-corrected chi connectivity index (χ1v) is 15.5. The van der Waals surface area contributed by atoms with Crippen molar-refractivity contribution in [3.8, 4) is 0 Å². The molecule has 226 valence electrons. The number of nitrogen functional groups attached to an aromatic ring is 1. The van der Waals surface area contributed by atoms with E-state index in [1.54, 1.807) is 4.90 Å². The second-order valence-electron chi connectivity index (χ2n) is 9.32. The van der Waals surface area contributed by atoms with Gasteiger partial charge in [0.2, 0.25) is 5.96 Å². The molecule has 2 amide bonds. The van der Waals surface area contributed by atoms with Crippen LogP contribution >= 0.6 is 34.9 Å². The van der Waals surface area contributed by atoms with Crippen LogP contribution in [-0.4, -0.2) is 107 Å². The number of aliphatic imine (C=N–C) groups is 1. The number of thiazole rings is 1. The van der Waals surface area contributed by atoms with Crippen molar-refractivity contribution >= 4 is 80.5 Å². The van der Waals surface area contributed by atoms with Gasteiger partial charge in [-0.1, -0.05) is 5.16 Å². The standard InChI is InChI=1S/C23H29N9O7S3/c1-3-31-12(24)5-13(28-22(31)25)40-6-10-7-41-20-16(19(36)32(20)17(10)21(37)38)29-18(35)15(11-8-42-23(26)27-11)30-39-9(2)4-14(33)34/h8-9,12,16,20,25H,3-7,24H2,1-2H3,(H2,26,27)(H,29,35)(H,33,34)(H,37,38)/t9?,12?,16-,20-/m1/s1. The summed E-state index contributed by atoms with van der Waals surface area (Å²) in [5.74, 6) is -3.26. The number of nitrogens with two attached hydrogens (primary N) is 2. The van der Waals surface area contributed by atoms with Gasteiger partial charge in [0.15, 0.2) is 10.8 Å². The molecule has 8 N–H and O–H groups in total. The molecule has 4 rings (SSSR count). The Labute approximate surface area is 252 Å². The van der Waals surface area contributed by atoms with Crippen molar-refractivity contribution in [2.24, 2.45) is 15.9 Å². The van der Waals surface area contributed by atoms with Gasteiger partial charge >= 0.3 is 11.9 Å². The molecule has 2 unspecified atom stereocenters. The predicted molar refractivity (Wildman–Crippen MR) is 158 cm³/mol. The van der Waals surface area contributed by atoms with Crippen LogP contribution in [0.2, 0.25) is 0 Å². The lowest BCUT2D eigenvalue weighted by Gasteiger charge is -2.49. The van der Waals surface area contributed by atoms with Crippen LogP contribution in [0.1, 0.15) is 32.4 Å². The van der Waals surface area contributed by atoms with E-state index in [1.807, 2.05) is 6.92 Å². The summed E-state index contributed by atoms with van der Waals surface area (Å²) in [6.07, 6.45) is -1.21. The fourth-order valence-electron chi connectivity index (χ4n) is 4.35. The zero-order valence-corrected chi connectivity index (χ0v) is 24.9. The molecule has 42 heavy (non-hydrogen) atoms. The number of hydrogen-bond acceptors (Lipinski definition) is 13. The predicted octanol–water partition coefficient (Wildman–Crippen LogP) is 0.125. The molecule has 0 aromatic carbocycles. The summed E-state index contributed by atoms with van der Waals surface area (Å²) in [4.78, 5) is 65.8. The molecule has 4 heterocycles. The first kappa shape index (κ1) is 31.3. The highest BCUT2D eigenvalue weighted by molar-refractivity contribution is 8.14. The molecule has 3 aliphatic rings. The number of fused-ring (bicyclic) bond motifs is 1. The third-order valence-electron chi connectivity index (χ3n) is 6.34. The lowest BCUT2D eigenvalue weighted by molar-refractivity contribution is -0.150. The van der Waals surface area contributed by atoms with Gasteiger partial charge in [-0.15, -0.1) is 34.9 Å². The number of carbonyl (C=O) groups is 4. The Bertz CT molecular complexity index is 1390. The van der Waals surface area contributed by atoms with Gasteiger partial charge in [0.05, 0.1) is 17.6 Å². The minimum Gasteiger partial charge on any atom is -0.481 e. The van der Waals surface area contributed by atoms with Crippen LogP contribution in [0.15, 0.2) is 26.8 Å². The summed E-state index contributed by atoms with van der Waals surface area (Å²) >= 11 is 3.62. The summed E-state index contributed by atoms with van der Waals surface area (Å²) < 4.78 is 0. The molecule has 0 spiro atoms. The van der Waals surface area contributed by atoms with Crippen LogP contribution in [0.3, 0.4) is 0 Å². The number of nitrogens with one attached hydrogen (secondary N) is 2. The molecule has 1 fully saturated rings. The van der Waals surface area contributed by atoms with Gasteiger partial charge in [-0.2, -0.15) is 0 Å². The lowest BCUT2D eigenvalue weighted by Crippen LogP contribution is -2.71. The molecular formula is C23H29N9O7S3. The molecular weight excluding hydrogens is 611 g/mol. The normalized spacial score (nSPS) is 23.2. The number of guanidine groups is 1. The minimum absolute atomic E-state index is 0.0470. The van der Waals surface area contributed by atoms with Crippen molar-refractivity contribution in [1.29, 1.82) is 5.41 Å².